The third kappa shape index (κ3) is 51.5. The van der Waals surface area contributed by atoms with E-state index >= 15 is 0 Å². The molecule has 0 radical (unpaired) electrons. The number of carboxylic acid groups (broad SMARTS) is 6. The molecule has 0 unspecified atom stereocenters. The minimum Gasteiger partial charge on any atom is -1.00 e. The fourth-order valence-electron chi connectivity index (χ4n) is 7.73. The molecule has 5 N–H and O–H groups in total. The maximum atomic E-state index is 10.9. The Bertz CT molecular complexity index is 1910. The van der Waals surface area contributed by atoms with Crippen LogP contribution in [-0.2, 0) is 90.6 Å². The summed E-state index contributed by atoms with van der Waals surface area (Å²) in [7, 11) is 11.4. The number of aliphatic hydroxyl groups is 2. The van der Waals surface area contributed by atoms with Crippen LogP contribution in [0.5, 0.6) is 0 Å². The Hall–Kier alpha value is 0.360. The van der Waals surface area contributed by atoms with Crippen molar-refractivity contribution < 1.29 is 257 Å². The zero-order valence-corrected chi connectivity index (χ0v) is 76.5. The van der Waals surface area contributed by atoms with E-state index in [1.54, 1.807) is 56.1 Å². The van der Waals surface area contributed by atoms with Gasteiger partial charge in [-0.25, -0.2) is 0 Å². The fourth-order valence-corrected chi connectivity index (χ4v) is 9.57. The normalized spacial score (nSPS) is 15.0. The van der Waals surface area contributed by atoms with Crippen LogP contribution in [0.1, 0.15) is 174 Å². The van der Waals surface area contributed by atoms with Crippen molar-refractivity contribution in [1.82, 2.24) is 0 Å². The molecule has 37 heteroatoms. The number of ether oxygens (including phenoxy) is 8. The summed E-state index contributed by atoms with van der Waals surface area (Å²) < 4.78 is 40.4. The van der Waals surface area contributed by atoms with E-state index in [2.05, 4.69) is 94.7 Å². The molecule has 0 heterocycles. The zero-order chi connectivity index (χ0) is 71.3. The molecule has 4 aliphatic carbocycles. The van der Waals surface area contributed by atoms with E-state index in [1.807, 2.05) is 0 Å². The number of carbonyl (C=O) groups is 11. The number of carbonyl (C=O) groups excluding carboxylic acids is 9. The van der Waals surface area contributed by atoms with E-state index in [1.165, 1.54) is 66.6 Å². The molecule has 0 aromatic heterocycles. The van der Waals surface area contributed by atoms with Gasteiger partial charge in [0, 0.05) is 151 Å². The average molecular weight is 1710 g/mol. The number of ketones is 3. The minimum atomic E-state index is -2.04. The van der Waals surface area contributed by atoms with Crippen molar-refractivity contribution >= 4 is 138 Å². The van der Waals surface area contributed by atoms with Crippen LogP contribution < -0.4 is 139 Å². The number of carboxylic acids is 6. The third-order valence-electron chi connectivity index (χ3n) is 12.6. The molecule has 4 saturated carbocycles. The van der Waals surface area contributed by atoms with E-state index in [0.717, 1.165) is 33.0 Å². The number of hydrogen-bond donors (Lipinski definition) is 4. The summed E-state index contributed by atoms with van der Waals surface area (Å²) in [5, 5.41) is 73.9. The van der Waals surface area contributed by atoms with E-state index < -0.39 is 94.2 Å². The summed E-state index contributed by atoms with van der Waals surface area (Å²) in [6.45, 7) is 21.0. The first-order valence-electron chi connectivity index (χ1n) is 27.4. The first-order valence-corrected chi connectivity index (χ1v) is 33.3. The molecular weight excluding hydrogens is 1600 g/mol. The number of unbranched alkanes of at least 4 members (excludes halogenated alkanes) is 2. The topological polar surface area (TPSA) is 465 Å². The van der Waals surface area contributed by atoms with E-state index in [9.17, 15) is 73.2 Å². The van der Waals surface area contributed by atoms with Gasteiger partial charge in [0.25, 0.3) is 0 Å². The Morgan fingerprint density at radius 3 is 0.885 bits per heavy atom. The van der Waals surface area contributed by atoms with Gasteiger partial charge < -0.3 is 110 Å². The standard InChI is InChI=1S/C14H28O2.C9H16O4.C8H12O6.2C6H6O5.C5H10Br2O2.C4H10.C3H6O.2CH4O.2CH3.Br2.ClH.4Na.H2O.H/c1-5-7-9-13(10-8-6-2)11-14(12-13,15-3)16-4;1-6(2)12-8(10)5-9(11)13-7(3)4;1-13-8(14-2)3-7(4-8,5(9)10)6(11)12;2*7-3-1-6(2-3,4(8)9)5(10)11;1-8-5(3-6,4-7)9-2;1-4(2)3;1-3(2)4;2*1-2;;;1-2;;;;;;;/h5-12H2,1-4H3;6-7H,5H2,1-4H3;3-4H2,1-2H3,(H,9,10)(H,11,12);2*1-2H2,(H,8,9)(H,10,11);3-4H2,1-2H3;4H,1-3H3;1-2H3;2*2H,1H3;2*1H3;;1H;;;;;1H2;/q;;;;;;;;;;2*+1;;;4*+1;;-1/p-5. The van der Waals surface area contributed by atoms with Gasteiger partial charge >= 0.3 is 142 Å². The molecule has 4 rings (SSSR count). The summed E-state index contributed by atoms with van der Waals surface area (Å²) >= 11 is 12.0. The van der Waals surface area contributed by atoms with Gasteiger partial charge in [0.2, 0.25) is 0 Å². The van der Waals surface area contributed by atoms with Crippen LogP contribution in [0.25, 0.3) is 0 Å². The van der Waals surface area contributed by atoms with Crippen LogP contribution in [0.2, 0.25) is 0 Å². The molecule has 0 spiro atoms. The predicted molar refractivity (Wildman–Crippen MR) is 350 cm³/mol. The third-order valence-corrected chi connectivity index (χ3v) is 14.3. The predicted octanol–water partition coefficient (Wildman–Crippen LogP) is -6.78. The first kappa shape index (κ1) is 132. The number of Topliss-reactive ketones (excluding diaryl/α,β-unsaturated/α-hetero) is 3. The summed E-state index contributed by atoms with van der Waals surface area (Å²) in [5.74, 6) is -12.3. The largest absolute Gasteiger partial charge is 1.00 e. The number of alkyl halides is 2. The van der Waals surface area contributed by atoms with Crippen molar-refractivity contribution in [2.24, 2.45) is 27.6 Å². The first-order chi connectivity index (χ1) is 40.7. The van der Waals surface area contributed by atoms with Crippen LogP contribution in [0, 0.1) is 42.4 Å². The number of aliphatic carboxylic acids is 6. The van der Waals surface area contributed by atoms with Crippen molar-refractivity contribution in [1.29, 1.82) is 0 Å². The van der Waals surface area contributed by atoms with Crippen LogP contribution in [-0.4, -0.2) is 188 Å². The molecule has 0 amide bonds. The summed E-state index contributed by atoms with van der Waals surface area (Å²) in [6.07, 6.45) is 7.09. The second-order valence-corrected chi connectivity index (χ2v) is 22.4. The molecule has 0 aromatic carbocycles. The molecule has 0 saturated heterocycles. The zero-order valence-electron chi connectivity index (χ0n) is 62.3. The summed E-state index contributed by atoms with van der Waals surface area (Å²) in [4.78, 5) is 114. The van der Waals surface area contributed by atoms with E-state index in [0.29, 0.717) is 16.1 Å². The van der Waals surface area contributed by atoms with Gasteiger partial charge in [0.15, 0.2) is 22.8 Å². The van der Waals surface area contributed by atoms with Gasteiger partial charge in [-0.1, -0.05) is 92.2 Å². The van der Waals surface area contributed by atoms with Crippen molar-refractivity contribution in [3.05, 3.63) is 14.9 Å². The number of methoxy groups -OCH3 is 6. The smallest absolute Gasteiger partial charge is 1.00 e. The van der Waals surface area contributed by atoms with Crippen LogP contribution in [0.15, 0.2) is 0 Å². The molecular formula is C59H107Br4ClNa4O28. The molecule has 96 heavy (non-hydrogen) atoms. The molecule has 4 fully saturated rings. The van der Waals surface area contributed by atoms with Crippen LogP contribution in [0.3, 0.4) is 0 Å². The van der Waals surface area contributed by atoms with E-state index in [-0.39, 0.29) is 214 Å². The quantitative estimate of drug-likeness (QED) is 0.0174. The van der Waals surface area contributed by atoms with Crippen molar-refractivity contribution in [2.75, 3.05) is 67.5 Å². The number of hydrogen-bond acceptors (Lipinski definition) is 26. The molecule has 0 bridgehead atoms. The van der Waals surface area contributed by atoms with Gasteiger partial charge in [-0.15, -0.1) is 12.4 Å². The maximum Gasteiger partial charge on any atom is 1.00 e. The molecule has 550 valence electrons. The summed E-state index contributed by atoms with van der Waals surface area (Å²) in [6, 6.07) is 0. The Kier molecular flexibility index (Phi) is 97.9. The summed E-state index contributed by atoms with van der Waals surface area (Å²) in [5.41, 5.74) is -5.34. The number of rotatable bonds is 24. The molecule has 0 atom stereocenters. The van der Waals surface area contributed by atoms with Gasteiger partial charge in [-0.2, -0.15) is 0 Å². The Labute approximate surface area is 698 Å². The minimum absolute atomic E-state index is 0. The van der Waals surface area contributed by atoms with Crippen LogP contribution in [0.4, 0.5) is 0 Å². The maximum absolute atomic E-state index is 10.9. The SMILES string of the molecule is BrBr.CC(C)=O.CC(C)C.CC(C)OC(=O)CC(=O)OC(C)C.CCCCC1(CCCC)CC(OC)(OC)C1.CO.CO.COC(CBr)(CBr)OC.COC1(OC)CC(C(=O)[O-])(C(=O)[O-])C1.Cl.O=C1CC(C(=O)O)(C(=O)O)C1.O=C1CC(C(=O)[O-])(C(=O)[O-])C1.[CH3+].[CH3+].[H-].[Na+].[Na+].[Na+].[Na+].[OH-]. The molecule has 0 aromatic rings. The number of esters is 2. The average Bonchev–Trinajstić information content (AvgIpc) is 0.772. The van der Waals surface area contributed by atoms with Crippen molar-refractivity contribution in [2.45, 2.75) is 202 Å². The second-order valence-electron chi connectivity index (χ2n) is 21.3. The van der Waals surface area contributed by atoms with Crippen molar-refractivity contribution in [3.8, 4) is 0 Å². The Balaban J connectivity index is -0.0000000551. The molecule has 4 aliphatic rings. The van der Waals surface area contributed by atoms with Crippen LogP contribution >= 0.6 is 72.5 Å². The number of aliphatic hydroxyl groups excluding tert-OH is 2. The van der Waals surface area contributed by atoms with Gasteiger partial charge in [-0.3, -0.25) is 28.8 Å². The van der Waals surface area contributed by atoms with Gasteiger partial charge in [0.1, 0.15) is 23.8 Å². The number of halogens is 5. The van der Waals surface area contributed by atoms with Gasteiger partial charge in [0.05, 0.1) is 57.6 Å². The van der Waals surface area contributed by atoms with Gasteiger partial charge in [-0.05, 0) is 65.7 Å². The Morgan fingerprint density at radius 1 is 0.521 bits per heavy atom. The fraction of sp³-hybridized carbons (Fsp3) is 0.780. The molecule has 28 nitrogen and oxygen atoms in total. The second kappa shape index (κ2) is 71.0. The van der Waals surface area contributed by atoms with E-state index in [4.69, 9.17) is 58.3 Å². The monoisotopic (exact) mass is 1710 g/mol. The van der Waals surface area contributed by atoms with Crippen molar-refractivity contribution in [3.63, 3.8) is 0 Å². The Morgan fingerprint density at radius 2 is 0.750 bits per heavy atom. The molecule has 0 aliphatic heterocycles.